The fourth-order valence-corrected chi connectivity index (χ4v) is 2.83. The summed E-state index contributed by atoms with van der Waals surface area (Å²) in [7, 11) is 0. The van der Waals surface area contributed by atoms with Crippen molar-refractivity contribution in [3.63, 3.8) is 0 Å². The van der Waals surface area contributed by atoms with Gasteiger partial charge in [0, 0.05) is 19.0 Å². The number of ether oxygens (including phenoxy) is 1. The predicted octanol–water partition coefficient (Wildman–Crippen LogP) is 1.99. The molecule has 0 atom stereocenters. The van der Waals surface area contributed by atoms with Crippen LogP contribution in [0.5, 0.6) is 0 Å². The highest BCUT2D eigenvalue weighted by Crippen LogP contribution is 2.20. The SMILES string of the molecule is CCOC(=O)CC(=O)C1CCN(C(=O)Cc2ccccc2)CC1. The normalized spacial score (nSPS) is 15.3. The monoisotopic (exact) mass is 317 g/mol. The van der Waals surface area contributed by atoms with E-state index >= 15 is 0 Å². The first-order valence-corrected chi connectivity index (χ1v) is 8.10. The fourth-order valence-electron chi connectivity index (χ4n) is 2.83. The molecule has 0 aromatic heterocycles. The first-order valence-electron chi connectivity index (χ1n) is 8.10. The molecule has 0 N–H and O–H groups in total. The van der Waals surface area contributed by atoms with Gasteiger partial charge in [-0.05, 0) is 25.3 Å². The third-order valence-corrected chi connectivity index (χ3v) is 4.13. The van der Waals surface area contributed by atoms with Crippen molar-refractivity contribution in [1.82, 2.24) is 4.90 Å². The summed E-state index contributed by atoms with van der Waals surface area (Å²) in [6.45, 7) is 3.16. The van der Waals surface area contributed by atoms with Crippen molar-refractivity contribution in [2.24, 2.45) is 5.92 Å². The highest BCUT2D eigenvalue weighted by Gasteiger charge is 2.28. The minimum atomic E-state index is -0.458. The molecule has 0 unspecified atom stereocenters. The van der Waals surface area contributed by atoms with Gasteiger partial charge in [-0.3, -0.25) is 14.4 Å². The van der Waals surface area contributed by atoms with Crippen molar-refractivity contribution in [3.05, 3.63) is 35.9 Å². The van der Waals surface area contributed by atoms with Gasteiger partial charge >= 0.3 is 5.97 Å². The summed E-state index contributed by atoms with van der Waals surface area (Å²) in [5, 5.41) is 0. The van der Waals surface area contributed by atoms with Crippen LogP contribution >= 0.6 is 0 Å². The lowest BCUT2D eigenvalue weighted by Gasteiger charge is -2.31. The standard InChI is InChI=1S/C18H23NO4/c1-2-23-18(22)13-16(20)15-8-10-19(11-9-15)17(21)12-14-6-4-3-5-7-14/h3-7,15H,2,8-13H2,1H3. The van der Waals surface area contributed by atoms with Crippen LogP contribution in [0.1, 0.15) is 31.7 Å². The number of ketones is 1. The number of hydrogen-bond acceptors (Lipinski definition) is 4. The molecular weight excluding hydrogens is 294 g/mol. The number of nitrogens with zero attached hydrogens (tertiary/aromatic N) is 1. The minimum absolute atomic E-state index is 0.0707. The van der Waals surface area contributed by atoms with Gasteiger partial charge in [0.2, 0.25) is 5.91 Å². The molecular formula is C18H23NO4. The Balaban J connectivity index is 1.78. The molecule has 0 bridgehead atoms. The molecule has 1 aromatic carbocycles. The van der Waals surface area contributed by atoms with E-state index in [1.54, 1.807) is 11.8 Å². The summed E-state index contributed by atoms with van der Waals surface area (Å²) in [5.74, 6) is -0.577. The molecule has 1 amide bonds. The maximum absolute atomic E-state index is 12.3. The van der Waals surface area contributed by atoms with Gasteiger partial charge in [0.1, 0.15) is 12.2 Å². The fraction of sp³-hybridized carbons (Fsp3) is 0.500. The number of benzene rings is 1. The second-order valence-electron chi connectivity index (χ2n) is 5.77. The number of carbonyl (C=O) groups is 3. The van der Waals surface area contributed by atoms with E-state index < -0.39 is 5.97 Å². The molecule has 1 heterocycles. The molecule has 1 fully saturated rings. The number of hydrogen-bond donors (Lipinski definition) is 0. The van der Waals surface area contributed by atoms with Crippen molar-refractivity contribution >= 4 is 17.7 Å². The summed E-state index contributed by atoms with van der Waals surface area (Å²) in [4.78, 5) is 37.5. The maximum atomic E-state index is 12.3. The summed E-state index contributed by atoms with van der Waals surface area (Å²) < 4.78 is 4.80. The molecule has 1 aliphatic heterocycles. The number of carbonyl (C=O) groups excluding carboxylic acids is 3. The lowest BCUT2D eigenvalue weighted by Crippen LogP contribution is -2.41. The van der Waals surface area contributed by atoms with Crippen LogP contribution in [0.4, 0.5) is 0 Å². The molecule has 1 saturated heterocycles. The summed E-state index contributed by atoms with van der Waals surface area (Å²) in [5.41, 5.74) is 0.998. The molecule has 5 heteroatoms. The van der Waals surface area contributed by atoms with Crippen molar-refractivity contribution in [2.75, 3.05) is 19.7 Å². The third kappa shape index (κ3) is 5.20. The second kappa shape index (κ2) is 8.46. The van der Waals surface area contributed by atoms with Gasteiger partial charge in [0.25, 0.3) is 0 Å². The average Bonchev–Trinajstić information content (AvgIpc) is 2.56. The van der Waals surface area contributed by atoms with Crippen LogP contribution in [-0.2, 0) is 25.5 Å². The van der Waals surface area contributed by atoms with Crippen LogP contribution in [0, 0.1) is 5.92 Å². The predicted molar refractivity (Wildman–Crippen MR) is 85.7 cm³/mol. The molecule has 124 valence electrons. The Morgan fingerprint density at radius 1 is 1.13 bits per heavy atom. The van der Waals surface area contributed by atoms with Gasteiger partial charge in [0.05, 0.1) is 13.0 Å². The van der Waals surface area contributed by atoms with Crippen LogP contribution in [0.2, 0.25) is 0 Å². The van der Waals surface area contributed by atoms with E-state index in [9.17, 15) is 14.4 Å². The Morgan fingerprint density at radius 2 is 1.78 bits per heavy atom. The first kappa shape index (κ1) is 17.2. The molecule has 0 radical (unpaired) electrons. The smallest absolute Gasteiger partial charge is 0.313 e. The summed E-state index contributed by atoms with van der Waals surface area (Å²) in [6.07, 6.45) is 1.48. The van der Waals surface area contributed by atoms with Crippen LogP contribution < -0.4 is 0 Å². The Labute approximate surface area is 136 Å². The molecule has 1 aromatic rings. The van der Waals surface area contributed by atoms with Crippen molar-refractivity contribution < 1.29 is 19.1 Å². The number of likely N-dealkylation sites (tertiary alicyclic amines) is 1. The van der Waals surface area contributed by atoms with Crippen molar-refractivity contribution in [3.8, 4) is 0 Å². The van der Waals surface area contributed by atoms with E-state index in [4.69, 9.17) is 4.74 Å². The highest BCUT2D eigenvalue weighted by molar-refractivity contribution is 5.96. The van der Waals surface area contributed by atoms with Crippen LogP contribution in [0.25, 0.3) is 0 Å². The molecule has 0 spiro atoms. The first-order chi connectivity index (χ1) is 11.1. The van der Waals surface area contributed by atoms with Crippen LogP contribution in [0.3, 0.4) is 0 Å². The zero-order valence-corrected chi connectivity index (χ0v) is 13.5. The Hall–Kier alpha value is -2.17. The number of rotatable bonds is 6. The van der Waals surface area contributed by atoms with Gasteiger partial charge in [-0.1, -0.05) is 30.3 Å². The van der Waals surface area contributed by atoms with Gasteiger partial charge in [-0.2, -0.15) is 0 Å². The topological polar surface area (TPSA) is 63.7 Å². The van der Waals surface area contributed by atoms with Crippen LogP contribution in [0.15, 0.2) is 30.3 Å². The minimum Gasteiger partial charge on any atom is -0.466 e. The number of amides is 1. The zero-order valence-electron chi connectivity index (χ0n) is 13.5. The van der Waals surface area contributed by atoms with Crippen molar-refractivity contribution in [2.45, 2.75) is 32.6 Å². The van der Waals surface area contributed by atoms with Gasteiger partial charge in [-0.15, -0.1) is 0 Å². The maximum Gasteiger partial charge on any atom is 0.313 e. The van der Waals surface area contributed by atoms with E-state index in [-0.39, 0.29) is 24.0 Å². The third-order valence-electron chi connectivity index (χ3n) is 4.13. The van der Waals surface area contributed by atoms with E-state index in [2.05, 4.69) is 0 Å². The van der Waals surface area contributed by atoms with E-state index in [1.165, 1.54) is 0 Å². The van der Waals surface area contributed by atoms with Gasteiger partial charge < -0.3 is 9.64 Å². The van der Waals surface area contributed by atoms with Crippen molar-refractivity contribution in [1.29, 1.82) is 0 Å². The number of esters is 1. The lowest BCUT2D eigenvalue weighted by molar-refractivity contribution is -0.147. The zero-order chi connectivity index (χ0) is 16.7. The second-order valence-corrected chi connectivity index (χ2v) is 5.77. The Kier molecular flexibility index (Phi) is 6.32. The summed E-state index contributed by atoms with van der Waals surface area (Å²) >= 11 is 0. The number of piperidine rings is 1. The molecule has 1 aliphatic rings. The Bertz CT molecular complexity index is 547. The molecule has 5 nitrogen and oxygen atoms in total. The average molecular weight is 317 g/mol. The highest BCUT2D eigenvalue weighted by atomic mass is 16.5. The molecule has 2 rings (SSSR count). The number of Topliss-reactive ketones (excluding diaryl/α,β-unsaturated/α-hetero) is 1. The summed E-state index contributed by atoms with van der Waals surface area (Å²) in [6, 6.07) is 9.64. The lowest BCUT2D eigenvalue weighted by atomic mass is 9.90. The van der Waals surface area contributed by atoms with Gasteiger partial charge in [0.15, 0.2) is 0 Å². The molecule has 23 heavy (non-hydrogen) atoms. The quantitative estimate of drug-likeness (QED) is 0.594. The van der Waals surface area contributed by atoms with E-state index in [1.807, 2.05) is 30.3 Å². The largest absolute Gasteiger partial charge is 0.466 e. The van der Waals surface area contributed by atoms with E-state index in [0.717, 1.165) is 5.56 Å². The molecule has 0 aliphatic carbocycles. The van der Waals surface area contributed by atoms with Gasteiger partial charge in [-0.25, -0.2) is 0 Å². The van der Waals surface area contributed by atoms with Crippen LogP contribution in [-0.4, -0.2) is 42.3 Å². The van der Waals surface area contributed by atoms with E-state index in [0.29, 0.717) is 39.0 Å². The molecule has 0 saturated carbocycles. The Morgan fingerprint density at radius 3 is 2.39 bits per heavy atom.